The van der Waals surface area contributed by atoms with E-state index in [1.54, 1.807) is 13.2 Å². The lowest BCUT2D eigenvalue weighted by molar-refractivity contribution is 0.127. The SMILES string of the molecule is CCCC1CCC(CCCCc2ccc(-c3ccc(C4CCC(COC)CC4)c(F)c3)cc2)CC1. The van der Waals surface area contributed by atoms with Gasteiger partial charge in [0.1, 0.15) is 5.82 Å². The summed E-state index contributed by atoms with van der Waals surface area (Å²) >= 11 is 0. The lowest BCUT2D eigenvalue weighted by Crippen LogP contribution is -2.17. The van der Waals surface area contributed by atoms with E-state index in [1.807, 2.05) is 6.07 Å². The Hall–Kier alpha value is -1.67. The highest BCUT2D eigenvalue weighted by atomic mass is 19.1. The molecular weight excluding hydrogens is 431 g/mol. The number of methoxy groups -OCH3 is 1. The van der Waals surface area contributed by atoms with Gasteiger partial charge in [0.2, 0.25) is 0 Å². The quantitative estimate of drug-likeness (QED) is 0.292. The van der Waals surface area contributed by atoms with Gasteiger partial charge in [0.05, 0.1) is 0 Å². The molecule has 2 aliphatic carbocycles. The molecule has 0 aromatic heterocycles. The summed E-state index contributed by atoms with van der Waals surface area (Å²) in [7, 11) is 1.78. The van der Waals surface area contributed by atoms with E-state index in [-0.39, 0.29) is 5.82 Å². The van der Waals surface area contributed by atoms with Gasteiger partial charge >= 0.3 is 0 Å². The molecular formula is C33H47FO. The van der Waals surface area contributed by atoms with E-state index in [4.69, 9.17) is 4.74 Å². The molecule has 0 saturated heterocycles. The molecule has 0 amide bonds. The van der Waals surface area contributed by atoms with Gasteiger partial charge in [-0.3, -0.25) is 0 Å². The number of rotatable bonds is 11. The second kappa shape index (κ2) is 13.6. The van der Waals surface area contributed by atoms with Gasteiger partial charge in [-0.05, 0) is 90.5 Å². The predicted molar refractivity (Wildman–Crippen MR) is 146 cm³/mol. The molecule has 2 saturated carbocycles. The predicted octanol–water partition coefficient (Wildman–Crippen LogP) is 9.73. The van der Waals surface area contributed by atoms with E-state index < -0.39 is 0 Å². The first-order valence-corrected chi connectivity index (χ1v) is 14.5. The molecule has 4 rings (SSSR count). The Bertz CT molecular complexity index is 872. The van der Waals surface area contributed by atoms with Crippen molar-refractivity contribution in [2.45, 2.75) is 103 Å². The van der Waals surface area contributed by atoms with Crippen molar-refractivity contribution in [1.82, 2.24) is 0 Å². The third kappa shape index (κ3) is 7.66. The summed E-state index contributed by atoms with van der Waals surface area (Å²) in [5.74, 6) is 2.95. The zero-order chi connectivity index (χ0) is 24.5. The number of hydrogen-bond acceptors (Lipinski definition) is 1. The van der Waals surface area contributed by atoms with Gasteiger partial charge in [-0.1, -0.05) is 94.7 Å². The maximum atomic E-state index is 15.0. The highest BCUT2D eigenvalue weighted by molar-refractivity contribution is 5.64. The van der Waals surface area contributed by atoms with Gasteiger partial charge in [-0.25, -0.2) is 4.39 Å². The highest BCUT2D eigenvalue weighted by Crippen LogP contribution is 2.38. The van der Waals surface area contributed by atoms with Crippen LogP contribution in [0, 0.1) is 23.6 Å². The molecule has 0 heterocycles. The van der Waals surface area contributed by atoms with Crippen molar-refractivity contribution in [3.8, 4) is 11.1 Å². The van der Waals surface area contributed by atoms with Crippen LogP contribution in [0.1, 0.15) is 107 Å². The average Bonchev–Trinajstić information content (AvgIpc) is 2.89. The van der Waals surface area contributed by atoms with Crippen LogP contribution < -0.4 is 0 Å². The molecule has 35 heavy (non-hydrogen) atoms. The fourth-order valence-electron chi connectivity index (χ4n) is 6.76. The number of benzene rings is 2. The number of hydrogen-bond donors (Lipinski definition) is 0. The number of halogens is 1. The van der Waals surface area contributed by atoms with Crippen LogP contribution in [0.2, 0.25) is 0 Å². The molecule has 0 unspecified atom stereocenters. The normalized spacial score (nSPS) is 25.0. The van der Waals surface area contributed by atoms with Gasteiger partial charge in [0.15, 0.2) is 0 Å². The maximum Gasteiger partial charge on any atom is 0.127 e. The Balaban J connectivity index is 1.22. The average molecular weight is 479 g/mol. The molecule has 2 aromatic carbocycles. The molecule has 0 N–H and O–H groups in total. The largest absolute Gasteiger partial charge is 0.384 e. The molecule has 1 nitrogen and oxygen atoms in total. The minimum atomic E-state index is -0.0366. The first-order valence-electron chi connectivity index (χ1n) is 14.5. The lowest BCUT2D eigenvalue weighted by atomic mass is 9.78. The Morgan fingerprint density at radius 3 is 2.00 bits per heavy atom. The third-order valence-electron chi connectivity index (χ3n) is 8.97. The molecule has 0 atom stereocenters. The van der Waals surface area contributed by atoms with Crippen molar-refractivity contribution in [3.05, 3.63) is 59.4 Å². The summed E-state index contributed by atoms with van der Waals surface area (Å²) in [6.45, 7) is 3.16. The van der Waals surface area contributed by atoms with Crippen LogP contribution >= 0.6 is 0 Å². The van der Waals surface area contributed by atoms with Crippen molar-refractivity contribution in [2.24, 2.45) is 17.8 Å². The minimum absolute atomic E-state index is 0.0366. The molecule has 2 fully saturated rings. The lowest BCUT2D eigenvalue weighted by Gasteiger charge is -2.28. The van der Waals surface area contributed by atoms with E-state index in [2.05, 4.69) is 37.3 Å². The summed E-state index contributed by atoms with van der Waals surface area (Å²) < 4.78 is 20.3. The van der Waals surface area contributed by atoms with Gasteiger partial charge in [0.25, 0.3) is 0 Å². The standard InChI is InChI=1S/C33H47FO/c1-3-6-25-9-11-26(12-10-25)7-4-5-8-27-13-17-29(18-14-27)31-21-22-32(33(34)23-31)30-19-15-28(16-20-30)24-35-2/h13-14,17-18,21-23,25-26,28,30H,3-12,15-16,19-20,24H2,1-2H3. The fourth-order valence-corrected chi connectivity index (χ4v) is 6.76. The summed E-state index contributed by atoms with van der Waals surface area (Å²) in [6.07, 6.45) is 18.3. The maximum absolute atomic E-state index is 15.0. The van der Waals surface area contributed by atoms with Crippen molar-refractivity contribution >= 4 is 0 Å². The highest BCUT2D eigenvalue weighted by Gasteiger charge is 2.24. The topological polar surface area (TPSA) is 9.23 Å². The Morgan fingerprint density at radius 2 is 1.37 bits per heavy atom. The van der Waals surface area contributed by atoms with Gasteiger partial charge in [0, 0.05) is 13.7 Å². The van der Waals surface area contributed by atoms with Crippen LogP contribution in [0.4, 0.5) is 4.39 Å². The molecule has 2 aliphatic rings. The van der Waals surface area contributed by atoms with Gasteiger partial charge < -0.3 is 4.74 Å². The van der Waals surface area contributed by atoms with Crippen molar-refractivity contribution in [3.63, 3.8) is 0 Å². The van der Waals surface area contributed by atoms with Crippen LogP contribution in [0.15, 0.2) is 42.5 Å². The monoisotopic (exact) mass is 478 g/mol. The van der Waals surface area contributed by atoms with E-state index in [1.165, 1.54) is 63.4 Å². The molecule has 0 aliphatic heterocycles. The minimum Gasteiger partial charge on any atom is -0.384 e. The van der Waals surface area contributed by atoms with Crippen molar-refractivity contribution in [1.29, 1.82) is 0 Å². The Labute approximate surface area is 213 Å². The zero-order valence-electron chi connectivity index (χ0n) is 22.2. The molecule has 0 bridgehead atoms. The second-order valence-electron chi connectivity index (χ2n) is 11.5. The van der Waals surface area contributed by atoms with Crippen LogP contribution in [0.3, 0.4) is 0 Å². The second-order valence-corrected chi connectivity index (χ2v) is 11.5. The smallest absolute Gasteiger partial charge is 0.127 e. The molecule has 2 aromatic rings. The summed E-state index contributed by atoms with van der Waals surface area (Å²) in [4.78, 5) is 0. The van der Waals surface area contributed by atoms with E-state index >= 15 is 4.39 Å². The number of ether oxygens (including phenoxy) is 1. The number of unbranched alkanes of at least 4 members (excludes halogenated alkanes) is 1. The van der Waals surface area contributed by atoms with Gasteiger partial charge in [-0.15, -0.1) is 0 Å². The van der Waals surface area contributed by atoms with Crippen LogP contribution in [-0.2, 0) is 11.2 Å². The summed E-state index contributed by atoms with van der Waals surface area (Å²) in [6, 6.07) is 14.7. The van der Waals surface area contributed by atoms with E-state index in [9.17, 15) is 0 Å². The summed E-state index contributed by atoms with van der Waals surface area (Å²) in [5, 5.41) is 0. The van der Waals surface area contributed by atoms with Crippen molar-refractivity contribution < 1.29 is 9.13 Å². The molecule has 2 heteroatoms. The van der Waals surface area contributed by atoms with E-state index in [0.29, 0.717) is 11.8 Å². The Kier molecular flexibility index (Phi) is 10.2. The molecule has 192 valence electrons. The fraction of sp³-hybridized carbons (Fsp3) is 0.636. The first kappa shape index (κ1) is 26.4. The van der Waals surface area contributed by atoms with E-state index in [0.717, 1.165) is 67.2 Å². The van der Waals surface area contributed by atoms with Gasteiger partial charge in [-0.2, -0.15) is 0 Å². The molecule has 0 radical (unpaired) electrons. The van der Waals surface area contributed by atoms with Crippen molar-refractivity contribution in [2.75, 3.05) is 13.7 Å². The molecule has 0 spiro atoms. The van der Waals surface area contributed by atoms with Crippen LogP contribution in [0.5, 0.6) is 0 Å². The number of aryl methyl sites for hydroxylation is 1. The first-order chi connectivity index (χ1) is 17.2. The Morgan fingerprint density at radius 1 is 0.743 bits per heavy atom. The summed E-state index contributed by atoms with van der Waals surface area (Å²) in [5.41, 5.74) is 4.42. The van der Waals surface area contributed by atoms with Crippen LogP contribution in [-0.4, -0.2) is 13.7 Å². The zero-order valence-corrected chi connectivity index (χ0v) is 22.2. The third-order valence-corrected chi connectivity index (χ3v) is 8.97. The van der Waals surface area contributed by atoms with Crippen LogP contribution in [0.25, 0.3) is 11.1 Å².